The molecule has 6 heteroatoms. The van der Waals surface area contributed by atoms with Crippen LogP contribution in [0.2, 0.25) is 10.0 Å². The van der Waals surface area contributed by atoms with Crippen LogP contribution in [0.25, 0.3) is 0 Å². The lowest BCUT2D eigenvalue weighted by Crippen LogP contribution is -2.53. The van der Waals surface area contributed by atoms with Gasteiger partial charge in [0.2, 0.25) is 11.8 Å². The summed E-state index contributed by atoms with van der Waals surface area (Å²) in [5, 5.41) is 3.44. The molecule has 4 nitrogen and oxygen atoms in total. The van der Waals surface area contributed by atoms with Gasteiger partial charge in [-0.25, -0.2) is 0 Å². The maximum Gasteiger partial charge on any atom is 0.231 e. The maximum atomic E-state index is 11.9. The van der Waals surface area contributed by atoms with Gasteiger partial charge in [0.25, 0.3) is 0 Å². The van der Waals surface area contributed by atoms with E-state index in [9.17, 15) is 9.59 Å². The first-order valence-corrected chi connectivity index (χ1v) is 6.25. The fourth-order valence-electron chi connectivity index (χ4n) is 1.74. The van der Waals surface area contributed by atoms with Crippen LogP contribution < -0.4 is 5.32 Å². The molecular weight excluding hydrogens is 275 g/mol. The first-order chi connectivity index (χ1) is 8.49. The van der Waals surface area contributed by atoms with Crippen molar-refractivity contribution >= 4 is 40.7 Å². The zero-order chi connectivity index (χ0) is 13.3. The highest BCUT2D eigenvalue weighted by Crippen LogP contribution is 2.30. The fraction of sp³-hybridized carbons (Fsp3) is 0.333. The van der Waals surface area contributed by atoms with Crippen molar-refractivity contribution in [3.63, 3.8) is 0 Å². The van der Waals surface area contributed by atoms with Crippen LogP contribution in [0, 0.1) is 5.92 Å². The molecule has 0 aromatic heterocycles. The minimum Gasteiger partial charge on any atom is -0.341 e. The average molecular weight is 287 g/mol. The highest BCUT2D eigenvalue weighted by Gasteiger charge is 2.34. The molecule has 2 rings (SSSR count). The van der Waals surface area contributed by atoms with Gasteiger partial charge in [0.05, 0.1) is 21.7 Å². The van der Waals surface area contributed by atoms with Crippen molar-refractivity contribution < 1.29 is 9.59 Å². The van der Waals surface area contributed by atoms with Gasteiger partial charge in [-0.05, 0) is 12.1 Å². The first-order valence-electron chi connectivity index (χ1n) is 5.49. The van der Waals surface area contributed by atoms with E-state index in [2.05, 4.69) is 5.32 Å². The Morgan fingerprint density at radius 2 is 2.00 bits per heavy atom. The largest absolute Gasteiger partial charge is 0.341 e. The van der Waals surface area contributed by atoms with Crippen molar-refractivity contribution in [1.29, 1.82) is 0 Å². The van der Waals surface area contributed by atoms with E-state index >= 15 is 0 Å². The summed E-state index contributed by atoms with van der Waals surface area (Å²) in [5.41, 5.74) is 0.496. The van der Waals surface area contributed by atoms with E-state index in [0.29, 0.717) is 28.8 Å². The molecule has 1 aliphatic heterocycles. The number of carbonyl (C=O) groups is 2. The van der Waals surface area contributed by atoms with Gasteiger partial charge in [-0.2, -0.15) is 0 Å². The molecule has 2 amide bonds. The highest BCUT2D eigenvalue weighted by molar-refractivity contribution is 6.44. The molecule has 0 unspecified atom stereocenters. The smallest absolute Gasteiger partial charge is 0.231 e. The van der Waals surface area contributed by atoms with E-state index in [1.165, 1.54) is 6.92 Å². The molecule has 0 saturated carbocycles. The molecule has 18 heavy (non-hydrogen) atoms. The molecule has 1 fully saturated rings. The Morgan fingerprint density at radius 1 is 1.33 bits per heavy atom. The van der Waals surface area contributed by atoms with Gasteiger partial charge in [0.15, 0.2) is 0 Å². The van der Waals surface area contributed by atoms with Gasteiger partial charge in [0, 0.05) is 20.0 Å². The van der Waals surface area contributed by atoms with Crippen LogP contribution in [-0.2, 0) is 9.59 Å². The Morgan fingerprint density at radius 3 is 2.61 bits per heavy atom. The van der Waals surface area contributed by atoms with E-state index in [4.69, 9.17) is 23.2 Å². The van der Waals surface area contributed by atoms with Crippen LogP contribution >= 0.6 is 23.2 Å². The lowest BCUT2D eigenvalue weighted by atomic mass is 9.99. The molecule has 0 atom stereocenters. The number of benzene rings is 1. The van der Waals surface area contributed by atoms with Crippen molar-refractivity contribution in [3.8, 4) is 0 Å². The number of halogens is 2. The Balaban J connectivity index is 1.97. The number of anilines is 1. The Kier molecular flexibility index (Phi) is 3.78. The van der Waals surface area contributed by atoms with Crippen molar-refractivity contribution in [1.82, 2.24) is 4.90 Å². The monoisotopic (exact) mass is 286 g/mol. The van der Waals surface area contributed by atoms with Crippen LogP contribution in [0.1, 0.15) is 6.92 Å². The number of rotatable bonds is 2. The SMILES string of the molecule is CC(=O)N1CC(C(=O)Nc2cccc(Cl)c2Cl)C1. The molecule has 96 valence electrons. The van der Waals surface area contributed by atoms with E-state index in [1.807, 2.05) is 0 Å². The lowest BCUT2D eigenvalue weighted by molar-refractivity contribution is -0.139. The van der Waals surface area contributed by atoms with Gasteiger partial charge < -0.3 is 10.2 Å². The fourth-order valence-corrected chi connectivity index (χ4v) is 2.08. The van der Waals surface area contributed by atoms with Crippen molar-refractivity contribution in [3.05, 3.63) is 28.2 Å². The number of nitrogens with zero attached hydrogens (tertiary/aromatic N) is 1. The van der Waals surface area contributed by atoms with E-state index in [0.717, 1.165) is 0 Å². The molecule has 1 aliphatic rings. The molecule has 0 spiro atoms. The second kappa shape index (κ2) is 5.16. The second-order valence-electron chi connectivity index (χ2n) is 4.21. The van der Waals surface area contributed by atoms with Gasteiger partial charge in [-0.1, -0.05) is 29.3 Å². The van der Waals surface area contributed by atoms with E-state index < -0.39 is 0 Å². The quantitative estimate of drug-likeness (QED) is 0.908. The first kappa shape index (κ1) is 13.2. The summed E-state index contributed by atoms with van der Waals surface area (Å²) >= 11 is 11.8. The second-order valence-corrected chi connectivity index (χ2v) is 5.00. The predicted octanol–water partition coefficient (Wildman–Crippen LogP) is 2.41. The molecule has 1 saturated heterocycles. The molecule has 0 aliphatic carbocycles. The molecule has 0 radical (unpaired) electrons. The summed E-state index contributed by atoms with van der Waals surface area (Å²) in [6, 6.07) is 5.06. The minimum atomic E-state index is -0.177. The Bertz CT molecular complexity index is 499. The summed E-state index contributed by atoms with van der Waals surface area (Å²) in [7, 11) is 0. The minimum absolute atomic E-state index is 0.0140. The van der Waals surface area contributed by atoms with Crippen molar-refractivity contribution in [2.45, 2.75) is 6.92 Å². The summed E-state index contributed by atoms with van der Waals surface area (Å²) in [6.07, 6.45) is 0. The lowest BCUT2D eigenvalue weighted by Gasteiger charge is -2.37. The summed E-state index contributed by atoms with van der Waals surface area (Å²) in [6.45, 7) is 2.40. The number of likely N-dealkylation sites (tertiary alicyclic amines) is 1. The third-order valence-electron chi connectivity index (χ3n) is 2.91. The molecule has 1 aromatic rings. The van der Waals surface area contributed by atoms with Crippen LogP contribution in [0.4, 0.5) is 5.69 Å². The maximum absolute atomic E-state index is 11.9. The van der Waals surface area contributed by atoms with Crippen LogP contribution in [0.15, 0.2) is 18.2 Å². The van der Waals surface area contributed by atoms with Crippen molar-refractivity contribution in [2.24, 2.45) is 5.92 Å². The zero-order valence-corrected chi connectivity index (χ0v) is 11.3. The number of amides is 2. The van der Waals surface area contributed by atoms with Gasteiger partial charge in [-0.3, -0.25) is 9.59 Å². The average Bonchev–Trinajstić information content (AvgIpc) is 2.22. The third kappa shape index (κ3) is 2.60. The molecule has 1 N–H and O–H groups in total. The standard InChI is InChI=1S/C12H12Cl2N2O2/c1-7(17)16-5-8(6-16)12(18)15-10-4-2-3-9(13)11(10)14/h2-4,8H,5-6H2,1H3,(H,15,18). The zero-order valence-electron chi connectivity index (χ0n) is 9.74. The molecule has 1 aromatic carbocycles. The van der Waals surface area contributed by atoms with Crippen LogP contribution in [-0.4, -0.2) is 29.8 Å². The Hall–Kier alpha value is -1.26. The van der Waals surface area contributed by atoms with Gasteiger partial charge in [-0.15, -0.1) is 0 Å². The third-order valence-corrected chi connectivity index (χ3v) is 3.73. The number of hydrogen-bond donors (Lipinski definition) is 1. The van der Waals surface area contributed by atoms with Crippen LogP contribution in [0.3, 0.4) is 0 Å². The summed E-state index contributed by atoms with van der Waals surface area (Å²) in [4.78, 5) is 24.5. The van der Waals surface area contributed by atoms with Gasteiger partial charge >= 0.3 is 0 Å². The number of carbonyl (C=O) groups excluding carboxylic acids is 2. The Labute approximate surface area is 115 Å². The van der Waals surface area contributed by atoms with E-state index in [-0.39, 0.29) is 17.7 Å². The summed E-state index contributed by atoms with van der Waals surface area (Å²) in [5.74, 6) is -0.333. The van der Waals surface area contributed by atoms with E-state index in [1.54, 1.807) is 23.1 Å². The predicted molar refractivity (Wildman–Crippen MR) is 70.8 cm³/mol. The molecule has 1 heterocycles. The highest BCUT2D eigenvalue weighted by atomic mass is 35.5. The normalized spacial score (nSPS) is 15.2. The molecular formula is C12H12Cl2N2O2. The topological polar surface area (TPSA) is 49.4 Å². The van der Waals surface area contributed by atoms with Gasteiger partial charge in [0.1, 0.15) is 0 Å². The number of hydrogen-bond acceptors (Lipinski definition) is 2. The number of nitrogens with one attached hydrogen (secondary N) is 1. The molecule has 0 bridgehead atoms. The van der Waals surface area contributed by atoms with Crippen molar-refractivity contribution in [2.75, 3.05) is 18.4 Å². The van der Waals surface area contributed by atoms with Crippen LogP contribution in [0.5, 0.6) is 0 Å². The summed E-state index contributed by atoms with van der Waals surface area (Å²) < 4.78 is 0.